The van der Waals surface area contributed by atoms with Gasteiger partial charge >= 0.3 is 5.97 Å². The predicted octanol–water partition coefficient (Wildman–Crippen LogP) is 2.65. The number of rotatable bonds is 8. The van der Waals surface area contributed by atoms with E-state index in [1.54, 1.807) is 18.2 Å². The van der Waals surface area contributed by atoms with Crippen LogP contribution in [-0.4, -0.2) is 85.5 Å². The lowest BCUT2D eigenvalue weighted by atomic mass is 10.1. The van der Waals surface area contributed by atoms with Gasteiger partial charge in [-0.1, -0.05) is 0 Å². The molecule has 4 aromatic heterocycles. The molecule has 0 radical (unpaired) electrons. The van der Waals surface area contributed by atoms with Crippen LogP contribution in [0.15, 0.2) is 42.9 Å². The van der Waals surface area contributed by atoms with Crippen molar-refractivity contribution in [3.05, 3.63) is 71.2 Å². The molecule has 0 amide bonds. The van der Waals surface area contributed by atoms with Crippen LogP contribution >= 0.6 is 0 Å². The number of halogens is 1. The molecule has 218 valence electrons. The van der Waals surface area contributed by atoms with E-state index < -0.39 is 11.8 Å². The smallest absolute Gasteiger partial charge is 0.337 e. The molecule has 7 rings (SSSR count). The number of fused-ring (bicyclic) bond motifs is 4. The van der Waals surface area contributed by atoms with Gasteiger partial charge in [0.25, 0.3) is 0 Å². The van der Waals surface area contributed by atoms with Crippen molar-refractivity contribution in [3.8, 4) is 5.88 Å². The minimum absolute atomic E-state index is 0.0591. The first-order valence-electron chi connectivity index (χ1n) is 14.0. The van der Waals surface area contributed by atoms with Gasteiger partial charge < -0.3 is 28.8 Å². The maximum atomic E-state index is 14.0. The summed E-state index contributed by atoms with van der Waals surface area (Å²) >= 11 is 0. The highest BCUT2D eigenvalue weighted by molar-refractivity contribution is 5.91. The van der Waals surface area contributed by atoms with Crippen molar-refractivity contribution in [1.29, 1.82) is 0 Å². The molecule has 3 aliphatic heterocycles. The second-order valence-electron chi connectivity index (χ2n) is 10.8. The summed E-state index contributed by atoms with van der Waals surface area (Å²) in [4.78, 5) is 33.9. The Hall–Kier alpha value is -4.20. The highest BCUT2D eigenvalue weighted by Gasteiger charge is 2.33. The lowest BCUT2D eigenvalue weighted by Crippen LogP contribution is -2.54. The zero-order valence-corrected chi connectivity index (χ0v) is 22.9. The molecule has 0 aliphatic carbocycles. The van der Waals surface area contributed by atoms with Gasteiger partial charge in [0.15, 0.2) is 5.65 Å². The van der Waals surface area contributed by atoms with Crippen LogP contribution in [0.2, 0.25) is 0 Å². The maximum Gasteiger partial charge on any atom is 0.337 e. The first kappa shape index (κ1) is 26.7. The highest BCUT2D eigenvalue weighted by Crippen LogP contribution is 2.30. The topological polar surface area (TPSA) is 128 Å². The fourth-order valence-corrected chi connectivity index (χ4v) is 5.69. The minimum Gasteiger partial charge on any atom is -0.478 e. The van der Waals surface area contributed by atoms with E-state index >= 15 is 0 Å². The summed E-state index contributed by atoms with van der Waals surface area (Å²) in [5.41, 5.74) is 2.77. The number of carboxylic acid groups (broad SMARTS) is 1. The van der Waals surface area contributed by atoms with Crippen LogP contribution in [0.25, 0.3) is 11.2 Å². The Kier molecular flexibility index (Phi) is 7.14. The first-order valence-corrected chi connectivity index (χ1v) is 14.0. The van der Waals surface area contributed by atoms with E-state index in [9.17, 15) is 14.3 Å². The molecule has 2 fully saturated rings. The molecule has 0 saturated carbocycles. The van der Waals surface area contributed by atoms with Gasteiger partial charge in [0.2, 0.25) is 5.88 Å². The summed E-state index contributed by atoms with van der Waals surface area (Å²) in [7, 11) is 0. The van der Waals surface area contributed by atoms with Gasteiger partial charge in [-0.2, -0.15) is 4.98 Å². The van der Waals surface area contributed by atoms with E-state index in [2.05, 4.69) is 24.3 Å². The molecule has 0 aromatic carbocycles. The van der Waals surface area contributed by atoms with Crippen molar-refractivity contribution in [2.45, 2.75) is 44.9 Å². The highest BCUT2D eigenvalue weighted by atomic mass is 19.1. The molecule has 42 heavy (non-hydrogen) atoms. The average Bonchev–Trinajstić information content (AvgIpc) is 3.19. The largest absolute Gasteiger partial charge is 0.478 e. The number of aromatic nitrogens is 5. The third kappa shape index (κ3) is 5.26. The lowest BCUT2D eigenvalue weighted by molar-refractivity contribution is -0.0592. The van der Waals surface area contributed by atoms with Crippen molar-refractivity contribution in [1.82, 2.24) is 29.4 Å². The third-order valence-electron chi connectivity index (χ3n) is 8.05. The van der Waals surface area contributed by atoms with Gasteiger partial charge in [0, 0.05) is 55.8 Å². The standard InChI is InChI=1S/C29H30FN7O5/c30-23-11-31-5-3-18(23)16-42-26-2-1-19-15-40-17-21-12-35(6-7-36(21)28(19)34-26)14-25-33-27-24(9-20(10-32-27)29(38)39)37(25)13-22-4-8-41-22/h1-3,5,9-11,21-22H,4,6-8,12-17H2,(H,38,39)/t21-,22+/m1/s1. The Bertz CT molecular complexity index is 1630. The summed E-state index contributed by atoms with van der Waals surface area (Å²) in [6.07, 6.45) is 5.09. The Balaban J connectivity index is 1.09. The molecule has 4 aromatic rings. The molecule has 2 atom stereocenters. The van der Waals surface area contributed by atoms with Crippen molar-refractivity contribution >= 4 is 23.0 Å². The van der Waals surface area contributed by atoms with Crippen LogP contribution in [0.3, 0.4) is 0 Å². The van der Waals surface area contributed by atoms with E-state index in [1.807, 2.05) is 6.07 Å². The van der Waals surface area contributed by atoms with Gasteiger partial charge in [0.1, 0.15) is 24.1 Å². The Morgan fingerprint density at radius 3 is 2.90 bits per heavy atom. The molecular formula is C29H30FN7O5. The van der Waals surface area contributed by atoms with Crippen LogP contribution in [0.4, 0.5) is 10.2 Å². The monoisotopic (exact) mass is 575 g/mol. The van der Waals surface area contributed by atoms with Crippen LogP contribution in [0.1, 0.15) is 33.7 Å². The summed E-state index contributed by atoms with van der Waals surface area (Å²) in [6, 6.07) is 7.04. The number of aromatic carboxylic acids is 1. The molecule has 2 saturated heterocycles. The summed E-state index contributed by atoms with van der Waals surface area (Å²) < 4.78 is 33.7. The number of carboxylic acids is 1. The minimum atomic E-state index is -1.02. The average molecular weight is 576 g/mol. The SMILES string of the molecule is O=C(O)c1cnc2nc(CN3CCN4c5nc(OCc6ccncc6F)ccc5COC[C@H]4C3)n(C[C@@H]3CCO3)c2c1. The quantitative estimate of drug-likeness (QED) is 0.333. The van der Waals surface area contributed by atoms with Crippen molar-refractivity contribution in [2.24, 2.45) is 0 Å². The van der Waals surface area contributed by atoms with E-state index in [4.69, 9.17) is 24.2 Å². The number of ether oxygens (including phenoxy) is 3. The van der Waals surface area contributed by atoms with Crippen LogP contribution < -0.4 is 9.64 Å². The van der Waals surface area contributed by atoms with Crippen molar-refractivity contribution in [2.75, 3.05) is 37.7 Å². The Labute approximate surface area is 240 Å². The molecule has 0 spiro atoms. The van der Waals surface area contributed by atoms with Crippen molar-refractivity contribution in [3.63, 3.8) is 0 Å². The molecular weight excluding hydrogens is 545 g/mol. The van der Waals surface area contributed by atoms with Crippen LogP contribution in [0, 0.1) is 5.82 Å². The number of anilines is 1. The van der Waals surface area contributed by atoms with Crippen LogP contribution in [0.5, 0.6) is 5.88 Å². The zero-order valence-electron chi connectivity index (χ0n) is 22.9. The number of hydrogen-bond acceptors (Lipinski definition) is 10. The molecule has 3 aliphatic rings. The van der Waals surface area contributed by atoms with Gasteiger partial charge in [-0.25, -0.2) is 19.2 Å². The molecule has 0 bridgehead atoms. The van der Waals surface area contributed by atoms with Crippen LogP contribution in [-0.2, 0) is 35.8 Å². The number of imidazole rings is 1. The summed E-state index contributed by atoms with van der Waals surface area (Å²) in [5, 5.41) is 9.51. The van der Waals surface area contributed by atoms with E-state index in [-0.39, 0.29) is 24.3 Å². The number of hydrogen-bond donors (Lipinski definition) is 1. The molecule has 1 N–H and O–H groups in total. The number of nitrogens with zero attached hydrogens (tertiary/aromatic N) is 7. The predicted molar refractivity (Wildman–Crippen MR) is 148 cm³/mol. The fraction of sp³-hybridized carbons (Fsp3) is 0.414. The molecule has 0 unspecified atom stereocenters. The molecule has 7 heterocycles. The fourth-order valence-electron chi connectivity index (χ4n) is 5.69. The summed E-state index contributed by atoms with van der Waals surface area (Å²) in [5.74, 6) is 0.646. The first-order chi connectivity index (χ1) is 20.5. The van der Waals surface area contributed by atoms with E-state index in [0.717, 1.165) is 49.9 Å². The number of pyridine rings is 3. The van der Waals surface area contributed by atoms with Crippen molar-refractivity contribution < 1.29 is 28.5 Å². The van der Waals surface area contributed by atoms with Gasteiger partial charge in [-0.3, -0.25) is 9.88 Å². The molecule has 13 heteroatoms. The van der Waals surface area contributed by atoms with Gasteiger partial charge in [-0.05, 0) is 24.6 Å². The maximum absolute atomic E-state index is 14.0. The normalized spacial score (nSPS) is 20.5. The Morgan fingerprint density at radius 1 is 1.19 bits per heavy atom. The number of piperazine rings is 1. The second kappa shape index (κ2) is 11.2. The second-order valence-corrected chi connectivity index (χ2v) is 10.8. The zero-order chi connectivity index (χ0) is 28.6. The Morgan fingerprint density at radius 2 is 2.10 bits per heavy atom. The van der Waals surface area contributed by atoms with Gasteiger partial charge in [-0.15, -0.1) is 0 Å². The van der Waals surface area contributed by atoms with Gasteiger partial charge in [0.05, 0.1) is 55.7 Å². The third-order valence-corrected chi connectivity index (χ3v) is 8.05. The van der Waals surface area contributed by atoms with E-state index in [0.29, 0.717) is 48.9 Å². The summed E-state index contributed by atoms with van der Waals surface area (Å²) in [6.45, 7) is 5.19. The number of carbonyl (C=O) groups is 1. The molecule has 12 nitrogen and oxygen atoms in total. The van der Waals surface area contributed by atoms with E-state index in [1.165, 1.54) is 18.6 Å². The lowest BCUT2D eigenvalue weighted by Gasteiger charge is -2.41.